The minimum Gasteiger partial charge on any atom is -0.311 e. The summed E-state index contributed by atoms with van der Waals surface area (Å²) < 4.78 is 28.7. The smallest absolute Gasteiger partial charge is 0.258 e. The molecule has 0 saturated carbocycles. The van der Waals surface area contributed by atoms with Crippen LogP contribution in [0.4, 0.5) is 0 Å². The Labute approximate surface area is 177 Å². The van der Waals surface area contributed by atoms with Crippen molar-refractivity contribution in [2.75, 3.05) is 18.8 Å². The highest BCUT2D eigenvalue weighted by molar-refractivity contribution is 7.89. The van der Waals surface area contributed by atoms with Crippen LogP contribution in [0.3, 0.4) is 0 Å². The quantitative estimate of drug-likeness (QED) is 0.642. The van der Waals surface area contributed by atoms with Crippen molar-refractivity contribution in [1.82, 2.24) is 8.87 Å². The number of piperidine rings is 1. The number of aromatic nitrogens is 1. The predicted molar refractivity (Wildman–Crippen MR) is 120 cm³/mol. The number of hydrogen-bond acceptors (Lipinski definition) is 3. The van der Waals surface area contributed by atoms with Gasteiger partial charge in [-0.3, -0.25) is 4.79 Å². The number of pyridine rings is 1. The topological polar surface area (TPSA) is 59.4 Å². The van der Waals surface area contributed by atoms with Crippen LogP contribution in [0.1, 0.15) is 31.4 Å². The summed E-state index contributed by atoms with van der Waals surface area (Å²) in [4.78, 5) is 13.4. The molecular weight excluding hydrogens is 396 g/mol. The van der Waals surface area contributed by atoms with Gasteiger partial charge in [-0.1, -0.05) is 43.3 Å². The van der Waals surface area contributed by atoms with Crippen LogP contribution in [0.5, 0.6) is 0 Å². The maximum Gasteiger partial charge on any atom is 0.258 e. The third-order valence-corrected chi connectivity index (χ3v) is 8.50. The van der Waals surface area contributed by atoms with Crippen LogP contribution in [0.15, 0.2) is 59.4 Å². The van der Waals surface area contributed by atoms with E-state index < -0.39 is 10.0 Å². The minimum atomic E-state index is -3.21. The summed E-state index contributed by atoms with van der Waals surface area (Å²) in [6.07, 6.45) is 1.58. The zero-order chi connectivity index (χ0) is 20.9. The molecule has 5 rings (SSSR count). The van der Waals surface area contributed by atoms with Gasteiger partial charge >= 0.3 is 0 Å². The van der Waals surface area contributed by atoms with Crippen molar-refractivity contribution in [3.8, 4) is 11.1 Å². The Morgan fingerprint density at radius 2 is 1.77 bits per heavy atom. The third kappa shape index (κ3) is 3.28. The van der Waals surface area contributed by atoms with Crippen LogP contribution in [0.2, 0.25) is 0 Å². The molecule has 0 aliphatic carbocycles. The van der Waals surface area contributed by atoms with Crippen molar-refractivity contribution in [1.29, 1.82) is 0 Å². The number of fused-ring (bicyclic) bond motifs is 5. The van der Waals surface area contributed by atoms with Crippen molar-refractivity contribution in [3.05, 3.63) is 70.6 Å². The van der Waals surface area contributed by atoms with E-state index in [1.807, 2.05) is 41.8 Å². The molecule has 2 aromatic carbocycles. The SMILES string of the molecule is CCCS(=O)(=O)N1CC2CC(C1)c1ccc(-c3ccc4ccccc4c3)c(=O)n1C2. The number of rotatable bonds is 4. The molecule has 0 N–H and O–H groups in total. The first-order valence-corrected chi connectivity index (χ1v) is 12.3. The first-order chi connectivity index (χ1) is 14.5. The Balaban J connectivity index is 1.52. The van der Waals surface area contributed by atoms with Gasteiger partial charge in [-0.25, -0.2) is 12.7 Å². The summed E-state index contributed by atoms with van der Waals surface area (Å²) in [5.74, 6) is 0.468. The zero-order valence-electron chi connectivity index (χ0n) is 17.1. The fraction of sp³-hybridized carbons (Fsp3) is 0.375. The molecule has 2 atom stereocenters. The molecule has 0 spiro atoms. The molecular formula is C24H26N2O3S. The maximum atomic E-state index is 13.4. The minimum absolute atomic E-state index is 0.0300. The highest BCUT2D eigenvalue weighted by atomic mass is 32.2. The van der Waals surface area contributed by atoms with E-state index in [0.29, 0.717) is 31.6 Å². The fourth-order valence-electron chi connectivity index (χ4n) is 5.09. The Morgan fingerprint density at radius 1 is 0.967 bits per heavy atom. The highest BCUT2D eigenvalue weighted by Crippen LogP contribution is 2.37. The normalized spacial score (nSPS) is 21.5. The first-order valence-electron chi connectivity index (χ1n) is 10.7. The van der Waals surface area contributed by atoms with E-state index in [-0.39, 0.29) is 23.1 Å². The summed E-state index contributed by atoms with van der Waals surface area (Å²) in [6.45, 7) is 3.48. The monoisotopic (exact) mass is 422 g/mol. The highest BCUT2D eigenvalue weighted by Gasteiger charge is 2.38. The van der Waals surface area contributed by atoms with Crippen molar-refractivity contribution in [2.24, 2.45) is 5.92 Å². The second-order valence-corrected chi connectivity index (χ2v) is 10.7. The summed E-state index contributed by atoms with van der Waals surface area (Å²) in [7, 11) is -3.21. The Kier molecular flexibility index (Phi) is 4.79. The molecule has 0 amide bonds. The van der Waals surface area contributed by atoms with Crippen molar-refractivity contribution >= 4 is 20.8 Å². The average Bonchev–Trinajstić information content (AvgIpc) is 2.74. The van der Waals surface area contributed by atoms with Crippen LogP contribution in [0, 0.1) is 5.92 Å². The van der Waals surface area contributed by atoms with E-state index in [4.69, 9.17) is 0 Å². The lowest BCUT2D eigenvalue weighted by atomic mass is 9.84. The Morgan fingerprint density at radius 3 is 2.57 bits per heavy atom. The molecule has 0 radical (unpaired) electrons. The second-order valence-electron chi connectivity index (χ2n) is 8.58. The van der Waals surface area contributed by atoms with Crippen LogP contribution in [-0.4, -0.2) is 36.1 Å². The molecule has 3 heterocycles. The molecule has 2 bridgehead atoms. The van der Waals surface area contributed by atoms with Crippen molar-refractivity contribution in [3.63, 3.8) is 0 Å². The molecule has 5 nitrogen and oxygen atoms in total. The van der Waals surface area contributed by atoms with Gasteiger partial charge in [0.2, 0.25) is 10.0 Å². The summed E-state index contributed by atoms with van der Waals surface area (Å²) in [5, 5.41) is 2.27. The number of benzene rings is 2. The maximum absolute atomic E-state index is 13.4. The molecule has 2 unspecified atom stereocenters. The number of nitrogens with zero attached hydrogens (tertiary/aromatic N) is 2. The van der Waals surface area contributed by atoms with Gasteiger partial charge in [-0.05, 0) is 53.3 Å². The largest absolute Gasteiger partial charge is 0.311 e. The Hall–Kier alpha value is -2.44. The Bertz CT molecular complexity index is 1280. The van der Waals surface area contributed by atoms with Gasteiger partial charge in [-0.15, -0.1) is 0 Å². The molecule has 30 heavy (non-hydrogen) atoms. The van der Waals surface area contributed by atoms with Crippen molar-refractivity contribution < 1.29 is 8.42 Å². The van der Waals surface area contributed by atoms with E-state index in [9.17, 15) is 13.2 Å². The molecule has 2 aliphatic heterocycles. The van der Waals surface area contributed by atoms with E-state index in [2.05, 4.69) is 24.3 Å². The number of hydrogen-bond donors (Lipinski definition) is 0. The van der Waals surface area contributed by atoms with E-state index >= 15 is 0 Å². The molecule has 3 aromatic rings. The van der Waals surface area contributed by atoms with Gasteiger partial charge in [0.1, 0.15) is 0 Å². The van der Waals surface area contributed by atoms with Crippen LogP contribution in [-0.2, 0) is 16.6 Å². The molecule has 6 heteroatoms. The van der Waals surface area contributed by atoms with Crippen LogP contribution in [0.25, 0.3) is 21.9 Å². The standard InChI is InChI=1S/C24H26N2O3S/c1-2-11-30(28,29)25-14-17-12-21(16-25)23-10-9-22(24(27)26(23)15-17)20-8-7-18-5-3-4-6-19(18)13-20/h3-10,13,17,21H,2,11-12,14-16H2,1H3. The van der Waals surface area contributed by atoms with Gasteiger partial charge in [0.15, 0.2) is 0 Å². The molecule has 1 aromatic heterocycles. The average molecular weight is 423 g/mol. The van der Waals surface area contributed by atoms with Crippen LogP contribution < -0.4 is 5.56 Å². The first kappa shape index (κ1) is 19.5. The lowest BCUT2D eigenvalue weighted by molar-refractivity contribution is 0.186. The predicted octanol–water partition coefficient (Wildman–Crippen LogP) is 3.83. The third-order valence-electron chi connectivity index (χ3n) is 6.49. The van der Waals surface area contributed by atoms with Gasteiger partial charge in [0, 0.05) is 36.8 Å². The number of sulfonamides is 1. The van der Waals surface area contributed by atoms with Crippen molar-refractivity contribution in [2.45, 2.75) is 32.2 Å². The van der Waals surface area contributed by atoms with Gasteiger partial charge in [-0.2, -0.15) is 0 Å². The molecule has 156 valence electrons. The van der Waals surface area contributed by atoms with Gasteiger partial charge in [0.05, 0.1) is 5.75 Å². The van der Waals surface area contributed by atoms with Gasteiger partial charge < -0.3 is 4.57 Å². The summed E-state index contributed by atoms with van der Waals surface area (Å²) >= 11 is 0. The van der Waals surface area contributed by atoms with E-state index in [1.54, 1.807) is 4.31 Å². The lowest BCUT2D eigenvalue weighted by Gasteiger charge is -2.42. The zero-order valence-corrected chi connectivity index (χ0v) is 17.9. The van der Waals surface area contributed by atoms with Crippen LogP contribution >= 0.6 is 0 Å². The molecule has 2 aliphatic rings. The molecule has 1 fully saturated rings. The second kappa shape index (κ2) is 7.36. The summed E-state index contributed by atoms with van der Waals surface area (Å²) in [5.41, 5.74) is 2.64. The van der Waals surface area contributed by atoms with E-state index in [0.717, 1.165) is 28.5 Å². The lowest BCUT2D eigenvalue weighted by Crippen LogP contribution is -2.49. The van der Waals surface area contributed by atoms with Gasteiger partial charge in [0.25, 0.3) is 5.56 Å². The molecule has 1 saturated heterocycles. The fourth-order valence-corrected chi connectivity index (χ4v) is 6.71. The summed E-state index contributed by atoms with van der Waals surface area (Å²) in [6, 6.07) is 18.2. The van der Waals surface area contributed by atoms with E-state index in [1.165, 1.54) is 0 Å².